The fourth-order valence-electron chi connectivity index (χ4n) is 9.01. The van der Waals surface area contributed by atoms with Crippen LogP contribution in [0.4, 0.5) is 5.69 Å². The van der Waals surface area contributed by atoms with E-state index in [1.54, 1.807) is 65.8 Å². The molecule has 1 rings (SSSR count). The van der Waals surface area contributed by atoms with Crippen molar-refractivity contribution in [2.24, 2.45) is 46.8 Å². The molecule has 0 aliphatic rings. The second-order valence-corrected chi connectivity index (χ2v) is 24.1. The summed E-state index contributed by atoms with van der Waals surface area (Å²) in [4.78, 5) is 162. The SMILES string of the molecule is CC[C@H](C)[C@H](NC(=O)[C@@H](CCCNC(=N)N)NC(=O)[C@H](CC(C)C)NC(=O)[C@@H](NC(=O)[C@H](Cc1cccc(N)c1)NC(=O)[C@H](CC(C)C)NC(=O)[C@H](N)CC(C)C)C(O)C(C)C)C(=O)N[C@H](C(=O)NCC(=O)N[C@@H](CC(N)=O)C(=O)N[C@@H](CO)C(=O)O)[C@@H](C)O. The maximum atomic E-state index is 14.6. The number of rotatable bonds is 41. The van der Waals surface area contributed by atoms with E-state index in [1.807, 2.05) is 33.0 Å². The van der Waals surface area contributed by atoms with Crippen molar-refractivity contribution in [1.82, 2.24) is 58.5 Å². The zero-order valence-corrected chi connectivity index (χ0v) is 53.4. The van der Waals surface area contributed by atoms with E-state index >= 15 is 0 Å². The van der Waals surface area contributed by atoms with Gasteiger partial charge in [-0.1, -0.05) is 87.8 Å². The number of amides is 11. The van der Waals surface area contributed by atoms with Crippen LogP contribution in [0.15, 0.2) is 24.3 Å². The number of benzene rings is 1. The number of nitrogens with two attached hydrogens (primary N) is 4. The molecule has 1 aromatic carbocycles. The maximum absolute atomic E-state index is 14.6. The summed E-state index contributed by atoms with van der Waals surface area (Å²) in [6.45, 7) is 16.5. The van der Waals surface area contributed by atoms with Crippen LogP contribution in [0.5, 0.6) is 0 Å². The van der Waals surface area contributed by atoms with Crippen molar-refractivity contribution < 1.29 is 78.0 Å². The molecule has 0 spiro atoms. The maximum Gasteiger partial charge on any atom is 0.328 e. The largest absolute Gasteiger partial charge is 0.480 e. The lowest BCUT2D eigenvalue weighted by atomic mass is 9.96. The Morgan fingerprint density at radius 1 is 0.556 bits per heavy atom. The highest BCUT2D eigenvalue weighted by Crippen LogP contribution is 2.16. The molecule has 0 aliphatic heterocycles. The monoisotopic (exact) mass is 1280 g/mol. The van der Waals surface area contributed by atoms with Gasteiger partial charge in [-0.05, 0) is 86.3 Å². The van der Waals surface area contributed by atoms with Crippen molar-refractivity contribution in [2.75, 3.05) is 25.4 Å². The average Bonchev–Trinajstić information content (AvgIpc) is 1.58. The van der Waals surface area contributed by atoms with Gasteiger partial charge in [0.25, 0.3) is 0 Å². The van der Waals surface area contributed by atoms with E-state index in [-0.39, 0.29) is 62.8 Å². The summed E-state index contributed by atoms with van der Waals surface area (Å²) in [6.07, 6.45) is -3.70. The molecule has 0 aromatic heterocycles. The molecule has 0 bridgehead atoms. The number of hydrogen-bond acceptors (Lipinski definition) is 18. The third-order valence-electron chi connectivity index (χ3n) is 14.1. The predicted octanol–water partition coefficient (Wildman–Crippen LogP) is -4.58. The molecular formula is C58H100N16O16. The Morgan fingerprint density at radius 3 is 1.52 bits per heavy atom. The summed E-state index contributed by atoms with van der Waals surface area (Å²) < 4.78 is 0. The Labute approximate surface area is 525 Å². The van der Waals surface area contributed by atoms with Gasteiger partial charge in [0.1, 0.15) is 54.4 Å². The number of carboxylic acids is 1. The first-order valence-corrected chi connectivity index (χ1v) is 30.1. The standard InChI is InChI=1S/C58H100N16O16/c1-12-31(10)44(55(87)73-45(32(11)76)54(86)65-25-43(78)66-40(24-42(61)77)52(84)71-41(26-75)57(89)90)72-49(81)36(17-14-18-64-58(62)63)67-50(82)38(21-29(6)7)70-56(88)46(47(79)30(8)9)74-53(85)39(23-33-15-13-16-34(59)22-33)69-51(83)37(20-28(4)5)68-48(80)35(60)19-27(2)3/h13,15-16,22,27-32,35-41,44-47,75-76,79H,12,14,17-21,23-26,59-60H2,1-11H3,(H2,61,77)(H,65,86)(H,66,78)(H,67,82)(H,68,80)(H,69,83)(H,70,88)(H,71,84)(H,72,81)(H,73,87)(H,74,85)(H,89,90)(H4,62,63,64)/t31-,32+,35+,36+,37-,38-,39-,40-,41-,44-,45-,46-,47?/m0/s1. The Balaban J connectivity index is 3.65. The number of anilines is 1. The summed E-state index contributed by atoms with van der Waals surface area (Å²) in [7, 11) is 0. The van der Waals surface area contributed by atoms with Crippen molar-refractivity contribution in [3.63, 3.8) is 0 Å². The molecule has 0 saturated carbocycles. The fraction of sp³-hybridized carbons (Fsp3) is 0.672. The van der Waals surface area contributed by atoms with E-state index in [2.05, 4.69) is 53.2 Å². The van der Waals surface area contributed by atoms with Crippen molar-refractivity contribution in [2.45, 2.75) is 200 Å². The van der Waals surface area contributed by atoms with Gasteiger partial charge >= 0.3 is 5.97 Å². The fourth-order valence-corrected chi connectivity index (χ4v) is 9.01. The van der Waals surface area contributed by atoms with Crippen LogP contribution in [0.1, 0.15) is 127 Å². The van der Waals surface area contributed by atoms with Gasteiger partial charge in [-0.3, -0.25) is 58.1 Å². The molecule has 32 heteroatoms. The highest BCUT2D eigenvalue weighted by Gasteiger charge is 2.39. The van der Waals surface area contributed by atoms with E-state index < -0.39 is 181 Å². The Hall–Kier alpha value is -8.23. The Kier molecular flexibility index (Phi) is 35.2. The first-order chi connectivity index (χ1) is 41.9. The molecule has 0 fully saturated rings. The number of carbonyl (C=O) groups excluding carboxylic acids is 11. The zero-order chi connectivity index (χ0) is 68.9. The predicted molar refractivity (Wildman–Crippen MR) is 331 cm³/mol. The number of guanidine groups is 1. The normalized spacial score (nSPS) is 15.7. The lowest BCUT2D eigenvalue weighted by molar-refractivity contribution is -0.143. The molecule has 0 saturated heterocycles. The van der Waals surface area contributed by atoms with Crippen LogP contribution < -0.4 is 81.4 Å². The minimum atomic E-state index is -1.81. The third kappa shape index (κ3) is 29.4. The van der Waals surface area contributed by atoms with Crippen molar-refractivity contribution in [3.8, 4) is 0 Å². The van der Waals surface area contributed by atoms with E-state index in [0.717, 1.165) is 6.92 Å². The minimum absolute atomic E-state index is 0.0284. The lowest BCUT2D eigenvalue weighted by Gasteiger charge is -2.31. The summed E-state index contributed by atoms with van der Waals surface area (Å²) in [5.74, 6) is -14.5. The first-order valence-electron chi connectivity index (χ1n) is 30.1. The topological polar surface area (TPSA) is 546 Å². The summed E-state index contributed by atoms with van der Waals surface area (Å²) >= 11 is 0. The van der Waals surface area contributed by atoms with Gasteiger partial charge in [0.15, 0.2) is 5.96 Å². The molecule has 508 valence electrons. The zero-order valence-electron chi connectivity index (χ0n) is 53.4. The second-order valence-electron chi connectivity index (χ2n) is 24.1. The molecule has 90 heavy (non-hydrogen) atoms. The van der Waals surface area contributed by atoms with Crippen molar-refractivity contribution >= 4 is 82.6 Å². The molecule has 0 heterocycles. The lowest BCUT2D eigenvalue weighted by Crippen LogP contribution is -2.63. The number of aliphatic hydroxyl groups excluding tert-OH is 3. The van der Waals surface area contributed by atoms with Crippen LogP contribution in [-0.4, -0.2) is 190 Å². The Bertz CT molecular complexity index is 2610. The molecule has 24 N–H and O–H groups in total. The van der Waals surface area contributed by atoms with Crippen molar-refractivity contribution in [3.05, 3.63) is 29.8 Å². The number of carboxylic acid groups (broad SMARTS) is 1. The highest BCUT2D eigenvalue weighted by molar-refractivity contribution is 5.99. The van der Waals surface area contributed by atoms with E-state index in [0.29, 0.717) is 17.7 Å². The second kappa shape index (κ2) is 39.7. The molecule has 13 atom stereocenters. The smallest absolute Gasteiger partial charge is 0.328 e. The van der Waals surface area contributed by atoms with Crippen LogP contribution in [0.3, 0.4) is 0 Å². The molecule has 11 amide bonds. The van der Waals surface area contributed by atoms with E-state index in [9.17, 15) is 78.0 Å². The van der Waals surface area contributed by atoms with Crippen LogP contribution in [0.2, 0.25) is 0 Å². The quantitative estimate of drug-likeness (QED) is 0.0127. The number of aliphatic carboxylic acids is 1. The number of hydrogen-bond donors (Lipinski definition) is 20. The van der Waals surface area contributed by atoms with Crippen LogP contribution in [0.25, 0.3) is 0 Å². The van der Waals surface area contributed by atoms with E-state index in [1.165, 1.54) is 0 Å². The summed E-state index contributed by atoms with van der Waals surface area (Å²) in [5.41, 5.74) is 23.8. The van der Waals surface area contributed by atoms with Gasteiger partial charge in [-0.2, -0.15) is 0 Å². The van der Waals surface area contributed by atoms with Crippen molar-refractivity contribution in [1.29, 1.82) is 5.41 Å². The van der Waals surface area contributed by atoms with E-state index in [4.69, 9.17) is 28.3 Å². The average molecular weight is 1280 g/mol. The molecule has 0 radical (unpaired) electrons. The van der Waals surface area contributed by atoms with Gasteiger partial charge in [-0.25, -0.2) is 4.79 Å². The van der Waals surface area contributed by atoms with Gasteiger partial charge in [-0.15, -0.1) is 0 Å². The Morgan fingerprint density at radius 2 is 1.03 bits per heavy atom. The molecule has 1 aromatic rings. The van der Waals surface area contributed by atoms with Gasteiger partial charge < -0.3 is 102 Å². The number of carbonyl (C=O) groups is 12. The van der Waals surface area contributed by atoms with Crippen LogP contribution >= 0.6 is 0 Å². The first kappa shape index (κ1) is 79.8. The number of aliphatic hydroxyl groups is 3. The van der Waals surface area contributed by atoms with Gasteiger partial charge in [0.2, 0.25) is 65.0 Å². The minimum Gasteiger partial charge on any atom is -0.480 e. The number of nitrogen functional groups attached to an aromatic ring is 1. The molecule has 0 aliphatic carbocycles. The number of nitrogens with one attached hydrogen (secondary N) is 12. The number of primary amides is 1. The molecule has 32 nitrogen and oxygen atoms in total. The summed E-state index contributed by atoms with van der Waals surface area (Å²) in [5, 5.41) is 75.5. The summed E-state index contributed by atoms with van der Waals surface area (Å²) in [6, 6.07) is -8.61. The van der Waals surface area contributed by atoms with Crippen LogP contribution in [0, 0.1) is 35.0 Å². The third-order valence-corrected chi connectivity index (χ3v) is 14.1. The van der Waals surface area contributed by atoms with Crippen LogP contribution in [-0.2, 0) is 64.0 Å². The van der Waals surface area contributed by atoms with Gasteiger partial charge in [0.05, 0.1) is 37.8 Å². The highest BCUT2D eigenvalue weighted by atomic mass is 16.4. The van der Waals surface area contributed by atoms with Gasteiger partial charge in [0, 0.05) is 18.7 Å². The molecular weight excluding hydrogens is 1180 g/mol. The molecule has 1 unspecified atom stereocenters.